The van der Waals surface area contributed by atoms with E-state index in [0.717, 1.165) is 10.5 Å². The van der Waals surface area contributed by atoms with Crippen molar-refractivity contribution in [2.45, 2.75) is 29.0 Å². The van der Waals surface area contributed by atoms with Gasteiger partial charge in [-0.05, 0) is 35.7 Å². The van der Waals surface area contributed by atoms with Gasteiger partial charge in [0.1, 0.15) is 0 Å². The van der Waals surface area contributed by atoms with E-state index in [4.69, 9.17) is 14.2 Å². The molecule has 1 amide bonds. The summed E-state index contributed by atoms with van der Waals surface area (Å²) in [6, 6.07) is 12.8. The molecule has 2 aromatic carbocycles. The number of hydrogen-bond acceptors (Lipinski definition) is 6. The molecule has 0 aromatic heterocycles. The molecule has 0 spiro atoms. The maximum Gasteiger partial charge on any atom is 0.307 e. The van der Waals surface area contributed by atoms with E-state index in [-0.39, 0.29) is 17.6 Å². The number of carbonyl (C=O) groups excluding carboxylic acids is 2. The molecule has 1 aliphatic rings. The summed E-state index contributed by atoms with van der Waals surface area (Å²) in [6.07, 6.45) is 0.700. The van der Waals surface area contributed by atoms with Crippen molar-refractivity contribution in [3.8, 4) is 11.5 Å². The van der Waals surface area contributed by atoms with E-state index < -0.39 is 12.0 Å². The lowest BCUT2D eigenvalue weighted by molar-refractivity contribution is -0.141. The number of methoxy groups -OCH3 is 3. The first kappa shape index (κ1) is 20.1. The molecule has 0 saturated carbocycles. The number of esters is 1. The van der Waals surface area contributed by atoms with Crippen molar-refractivity contribution in [1.29, 1.82) is 0 Å². The number of rotatable bonds is 7. The number of nitrogens with one attached hydrogen (secondary N) is 1. The predicted octanol–water partition coefficient (Wildman–Crippen LogP) is 3.14. The fourth-order valence-electron chi connectivity index (χ4n) is 3.16. The van der Waals surface area contributed by atoms with E-state index >= 15 is 0 Å². The van der Waals surface area contributed by atoms with E-state index in [0.29, 0.717) is 17.9 Å². The van der Waals surface area contributed by atoms with Gasteiger partial charge in [0, 0.05) is 4.90 Å². The van der Waals surface area contributed by atoms with Crippen molar-refractivity contribution < 1.29 is 23.8 Å². The summed E-state index contributed by atoms with van der Waals surface area (Å²) in [6.45, 7) is 0. The summed E-state index contributed by atoms with van der Waals surface area (Å²) in [7, 11) is 4.43. The Kier molecular flexibility index (Phi) is 6.46. The van der Waals surface area contributed by atoms with E-state index in [1.54, 1.807) is 38.1 Å². The van der Waals surface area contributed by atoms with Gasteiger partial charge in [0.15, 0.2) is 11.5 Å². The average molecular weight is 401 g/mol. The van der Waals surface area contributed by atoms with Crippen molar-refractivity contribution >= 4 is 23.6 Å². The van der Waals surface area contributed by atoms with Crippen LogP contribution in [-0.4, -0.2) is 38.5 Å². The highest BCUT2D eigenvalue weighted by Crippen LogP contribution is 2.37. The molecule has 0 radical (unpaired) electrons. The van der Waals surface area contributed by atoms with Crippen LogP contribution in [0, 0.1) is 0 Å². The summed E-state index contributed by atoms with van der Waals surface area (Å²) < 4.78 is 15.4. The van der Waals surface area contributed by atoms with Crippen molar-refractivity contribution in [3.63, 3.8) is 0 Å². The SMILES string of the molecule is COC(=O)C[C@@H](NC(=O)[C@H]1Cc2ccccc2S1)c1ccc(OC)c(OC)c1. The molecule has 1 heterocycles. The van der Waals surface area contributed by atoms with Gasteiger partial charge in [-0.15, -0.1) is 11.8 Å². The molecule has 0 saturated heterocycles. The molecule has 148 valence electrons. The third-order valence-corrected chi connectivity index (χ3v) is 5.98. The monoisotopic (exact) mass is 401 g/mol. The minimum absolute atomic E-state index is 0.0298. The lowest BCUT2D eigenvalue weighted by Crippen LogP contribution is -2.36. The second kappa shape index (κ2) is 9.01. The lowest BCUT2D eigenvalue weighted by Gasteiger charge is -2.21. The molecule has 1 aliphatic heterocycles. The number of benzene rings is 2. The van der Waals surface area contributed by atoms with Gasteiger partial charge in [0.2, 0.25) is 5.91 Å². The minimum atomic E-state index is -0.524. The largest absolute Gasteiger partial charge is 0.493 e. The summed E-state index contributed by atoms with van der Waals surface area (Å²) in [4.78, 5) is 25.9. The van der Waals surface area contributed by atoms with E-state index in [1.165, 1.54) is 12.7 Å². The second-order valence-electron chi connectivity index (χ2n) is 6.37. The summed E-state index contributed by atoms with van der Waals surface area (Å²) >= 11 is 1.55. The maximum atomic E-state index is 12.9. The Balaban J connectivity index is 1.79. The van der Waals surface area contributed by atoms with Crippen LogP contribution in [0.5, 0.6) is 11.5 Å². The highest BCUT2D eigenvalue weighted by molar-refractivity contribution is 8.01. The molecule has 1 N–H and O–H groups in total. The molecular weight excluding hydrogens is 378 g/mol. The van der Waals surface area contributed by atoms with Crippen LogP contribution in [0.25, 0.3) is 0 Å². The van der Waals surface area contributed by atoms with Gasteiger partial charge < -0.3 is 19.5 Å². The normalized spacial score (nSPS) is 16.0. The maximum absolute atomic E-state index is 12.9. The number of amides is 1. The van der Waals surface area contributed by atoms with Crippen LogP contribution >= 0.6 is 11.8 Å². The van der Waals surface area contributed by atoms with Gasteiger partial charge in [0.05, 0.1) is 39.0 Å². The quantitative estimate of drug-likeness (QED) is 0.719. The van der Waals surface area contributed by atoms with Gasteiger partial charge >= 0.3 is 5.97 Å². The molecule has 2 atom stereocenters. The topological polar surface area (TPSA) is 73.9 Å². The molecule has 0 fully saturated rings. The van der Waals surface area contributed by atoms with E-state index in [2.05, 4.69) is 5.32 Å². The van der Waals surface area contributed by atoms with E-state index in [9.17, 15) is 9.59 Å². The fourth-order valence-corrected chi connectivity index (χ4v) is 4.37. The zero-order valence-corrected chi connectivity index (χ0v) is 16.9. The smallest absolute Gasteiger partial charge is 0.307 e. The molecule has 0 bridgehead atoms. The molecule has 0 unspecified atom stereocenters. The van der Waals surface area contributed by atoms with Crippen LogP contribution < -0.4 is 14.8 Å². The highest BCUT2D eigenvalue weighted by Gasteiger charge is 2.30. The van der Waals surface area contributed by atoms with Crippen molar-refractivity contribution in [1.82, 2.24) is 5.32 Å². The Hall–Kier alpha value is -2.67. The third-order valence-electron chi connectivity index (χ3n) is 4.66. The van der Waals surface area contributed by atoms with Gasteiger partial charge in [-0.1, -0.05) is 24.3 Å². The average Bonchev–Trinajstić information content (AvgIpc) is 3.17. The zero-order valence-electron chi connectivity index (χ0n) is 16.1. The Bertz CT molecular complexity index is 845. The highest BCUT2D eigenvalue weighted by atomic mass is 32.2. The number of hydrogen-bond donors (Lipinski definition) is 1. The first-order chi connectivity index (χ1) is 13.5. The molecule has 3 rings (SSSR count). The van der Waals surface area contributed by atoms with Crippen molar-refractivity contribution in [2.24, 2.45) is 0 Å². The minimum Gasteiger partial charge on any atom is -0.493 e. The Morgan fingerprint density at radius 3 is 2.54 bits per heavy atom. The van der Waals surface area contributed by atoms with Gasteiger partial charge in [-0.3, -0.25) is 9.59 Å². The third kappa shape index (κ3) is 4.42. The van der Waals surface area contributed by atoms with Crippen molar-refractivity contribution in [2.75, 3.05) is 21.3 Å². The van der Waals surface area contributed by atoms with Gasteiger partial charge in [0.25, 0.3) is 0 Å². The second-order valence-corrected chi connectivity index (χ2v) is 7.62. The van der Waals surface area contributed by atoms with Gasteiger partial charge in [-0.2, -0.15) is 0 Å². The number of carbonyl (C=O) groups is 2. The first-order valence-electron chi connectivity index (χ1n) is 8.89. The molecule has 0 aliphatic carbocycles. The summed E-state index contributed by atoms with van der Waals surface area (Å²) in [5, 5.41) is 2.78. The number of fused-ring (bicyclic) bond motifs is 1. The van der Waals surface area contributed by atoms with Gasteiger partial charge in [-0.25, -0.2) is 0 Å². The Labute approximate surface area is 168 Å². The predicted molar refractivity (Wildman–Crippen MR) is 107 cm³/mol. The molecule has 2 aromatic rings. The van der Waals surface area contributed by atoms with Crippen LogP contribution in [0.1, 0.15) is 23.6 Å². The van der Waals surface area contributed by atoms with Crippen molar-refractivity contribution in [3.05, 3.63) is 53.6 Å². The Morgan fingerprint density at radius 2 is 1.86 bits per heavy atom. The molecular formula is C21H23NO5S. The van der Waals surface area contributed by atoms with Crippen LogP contribution in [-0.2, 0) is 20.7 Å². The number of ether oxygens (including phenoxy) is 3. The lowest BCUT2D eigenvalue weighted by atomic mass is 10.0. The zero-order chi connectivity index (χ0) is 20.1. The van der Waals surface area contributed by atoms with Crippen LogP contribution in [0.3, 0.4) is 0 Å². The number of thioether (sulfide) groups is 1. The van der Waals surface area contributed by atoms with Crippen LogP contribution in [0.2, 0.25) is 0 Å². The van der Waals surface area contributed by atoms with Crippen LogP contribution in [0.4, 0.5) is 0 Å². The fraction of sp³-hybridized carbons (Fsp3) is 0.333. The molecule has 6 nitrogen and oxygen atoms in total. The molecule has 28 heavy (non-hydrogen) atoms. The summed E-state index contributed by atoms with van der Waals surface area (Å²) in [5.41, 5.74) is 1.92. The van der Waals surface area contributed by atoms with Crippen LogP contribution in [0.15, 0.2) is 47.4 Å². The first-order valence-corrected chi connectivity index (χ1v) is 9.77. The summed E-state index contributed by atoms with van der Waals surface area (Å²) in [5.74, 6) is 0.607. The molecule has 7 heteroatoms. The Morgan fingerprint density at radius 1 is 1.11 bits per heavy atom. The standard InChI is InChI=1S/C21H23NO5S/c1-25-16-9-8-13(10-17(16)26-2)15(12-20(23)27-3)22-21(24)19-11-14-6-4-5-7-18(14)28-19/h4-10,15,19H,11-12H2,1-3H3,(H,22,24)/t15-,19-/m1/s1. The van der Waals surface area contributed by atoms with E-state index in [1.807, 2.05) is 30.3 Å².